The van der Waals surface area contributed by atoms with Gasteiger partial charge >= 0.3 is 0 Å². The fourth-order valence-electron chi connectivity index (χ4n) is 8.26. The maximum atomic E-state index is 6.36. The van der Waals surface area contributed by atoms with Crippen LogP contribution in [0.1, 0.15) is 0 Å². The summed E-state index contributed by atoms with van der Waals surface area (Å²) in [6, 6.07) is 65.5. The van der Waals surface area contributed by atoms with Crippen molar-refractivity contribution in [3.05, 3.63) is 182 Å². The molecule has 0 aliphatic heterocycles. The molecule has 0 N–H and O–H groups in total. The molecule has 3 nitrogen and oxygen atoms in total. The Labute approximate surface area is 293 Å². The maximum Gasteiger partial charge on any atom is 0.137 e. The van der Waals surface area contributed by atoms with Gasteiger partial charge < -0.3 is 13.6 Å². The zero-order valence-electron chi connectivity index (χ0n) is 27.6. The van der Waals surface area contributed by atoms with Gasteiger partial charge in [-0.05, 0) is 82.9 Å². The van der Waals surface area contributed by atoms with Crippen LogP contribution in [0.25, 0.3) is 99.2 Å². The lowest BCUT2D eigenvalue weighted by Gasteiger charge is -2.14. The second-order valence-electron chi connectivity index (χ2n) is 13.3. The van der Waals surface area contributed by atoms with E-state index in [1.807, 2.05) is 12.1 Å². The number of benzene rings is 8. The molecule has 0 radical (unpaired) electrons. The third-order valence-corrected chi connectivity index (χ3v) is 10.5. The second kappa shape index (κ2) is 10.8. The molecule has 3 heteroatoms. The lowest BCUT2D eigenvalue weighted by atomic mass is 9.98. The normalized spacial score (nSPS) is 11.9. The van der Waals surface area contributed by atoms with Gasteiger partial charge in [-0.2, -0.15) is 0 Å². The first-order valence-electron chi connectivity index (χ1n) is 17.4. The van der Waals surface area contributed by atoms with Crippen LogP contribution in [0.15, 0.2) is 186 Å². The molecule has 238 valence electrons. The van der Waals surface area contributed by atoms with E-state index in [0.29, 0.717) is 0 Å². The molecule has 11 aromatic rings. The number of furan rings is 1. The zero-order chi connectivity index (χ0) is 33.5. The molecule has 0 saturated carbocycles. The zero-order valence-corrected chi connectivity index (χ0v) is 27.6. The predicted molar refractivity (Wildman–Crippen MR) is 213 cm³/mol. The second-order valence-corrected chi connectivity index (χ2v) is 13.3. The van der Waals surface area contributed by atoms with Crippen molar-refractivity contribution < 1.29 is 4.42 Å². The Morgan fingerprint density at radius 3 is 1.39 bits per heavy atom. The minimum atomic E-state index is 0.893. The van der Waals surface area contributed by atoms with Gasteiger partial charge in [-0.25, -0.2) is 0 Å². The molecule has 0 saturated heterocycles. The number of hydrogen-bond acceptors (Lipinski definition) is 1. The van der Waals surface area contributed by atoms with Crippen molar-refractivity contribution in [2.24, 2.45) is 0 Å². The Kier molecular flexibility index (Phi) is 5.96. The molecule has 0 spiro atoms. The SMILES string of the molecule is c1ccc(-c2cc(-c3ccccc3)cc(-n3c4ccccc4c4c5c6ccccc6n(-c6ccc7c(c6)oc6ccccc67)c5ccc43)c2)cc1. The summed E-state index contributed by atoms with van der Waals surface area (Å²) in [6.45, 7) is 0. The van der Waals surface area contributed by atoms with Crippen LogP contribution < -0.4 is 0 Å². The fourth-order valence-corrected chi connectivity index (χ4v) is 8.26. The van der Waals surface area contributed by atoms with Gasteiger partial charge in [0.2, 0.25) is 0 Å². The van der Waals surface area contributed by atoms with Crippen molar-refractivity contribution in [3.63, 3.8) is 0 Å². The summed E-state index contributed by atoms with van der Waals surface area (Å²) in [5.41, 5.74) is 13.5. The standard InChI is InChI=1S/C48H30N2O/c1-3-13-31(14-4-1)33-27-34(32-15-5-2-6-16-32)29-36(28-33)50-42-21-11-8-19-40(42)48-44(50)26-25-43-47(48)39-18-7-10-20-41(39)49(43)35-23-24-38-37-17-9-12-22-45(37)51-46(38)30-35/h1-30H. The Morgan fingerprint density at radius 2 is 0.784 bits per heavy atom. The van der Waals surface area contributed by atoms with E-state index in [4.69, 9.17) is 4.42 Å². The van der Waals surface area contributed by atoms with Gasteiger partial charge in [0, 0.05) is 49.8 Å². The minimum Gasteiger partial charge on any atom is -0.456 e. The van der Waals surface area contributed by atoms with Crippen molar-refractivity contribution >= 4 is 65.6 Å². The molecule has 0 fully saturated rings. The summed E-state index contributed by atoms with van der Waals surface area (Å²) in [6.07, 6.45) is 0. The third kappa shape index (κ3) is 4.19. The molecule has 3 aromatic heterocycles. The molecule has 0 aliphatic rings. The van der Waals surface area contributed by atoms with Crippen LogP contribution in [0.3, 0.4) is 0 Å². The van der Waals surface area contributed by atoms with E-state index < -0.39 is 0 Å². The molecule has 0 atom stereocenters. The average Bonchev–Trinajstić information content (AvgIpc) is 3.85. The fraction of sp³-hybridized carbons (Fsp3) is 0. The minimum absolute atomic E-state index is 0.893. The number of aromatic nitrogens is 2. The maximum absolute atomic E-state index is 6.36. The molecule has 51 heavy (non-hydrogen) atoms. The molecular formula is C48H30N2O. The molecule has 0 unspecified atom stereocenters. The molecule has 0 bridgehead atoms. The van der Waals surface area contributed by atoms with Gasteiger partial charge in [-0.15, -0.1) is 0 Å². The van der Waals surface area contributed by atoms with Crippen LogP contribution in [0.4, 0.5) is 0 Å². The molecule has 8 aromatic carbocycles. The Hall–Kier alpha value is -6.84. The summed E-state index contributed by atoms with van der Waals surface area (Å²) in [5.74, 6) is 0. The lowest BCUT2D eigenvalue weighted by Crippen LogP contribution is -1.96. The van der Waals surface area contributed by atoms with E-state index in [1.165, 1.54) is 65.9 Å². The molecule has 0 aliphatic carbocycles. The first-order valence-corrected chi connectivity index (χ1v) is 17.4. The molecular weight excluding hydrogens is 621 g/mol. The Morgan fingerprint density at radius 1 is 0.294 bits per heavy atom. The van der Waals surface area contributed by atoms with Crippen molar-refractivity contribution in [1.82, 2.24) is 9.13 Å². The quantitative estimate of drug-likeness (QED) is 0.186. The van der Waals surface area contributed by atoms with Gasteiger partial charge in [-0.3, -0.25) is 0 Å². The first kappa shape index (κ1) is 28.0. The van der Waals surface area contributed by atoms with Crippen LogP contribution in [0.2, 0.25) is 0 Å². The topological polar surface area (TPSA) is 23.0 Å². The predicted octanol–water partition coefficient (Wildman–Crippen LogP) is 13.1. The number of fused-ring (bicyclic) bond motifs is 10. The van der Waals surface area contributed by atoms with Gasteiger partial charge in [-0.1, -0.05) is 115 Å². The monoisotopic (exact) mass is 650 g/mol. The summed E-state index contributed by atoms with van der Waals surface area (Å²) < 4.78 is 11.2. The lowest BCUT2D eigenvalue weighted by molar-refractivity contribution is 0.668. The van der Waals surface area contributed by atoms with Crippen molar-refractivity contribution in [2.45, 2.75) is 0 Å². The number of rotatable bonds is 4. The van der Waals surface area contributed by atoms with E-state index in [2.05, 4.69) is 179 Å². The highest BCUT2D eigenvalue weighted by Crippen LogP contribution is 2.43. The highest BCUT2D eigenvalue weighted by molar-refractivity contribution is 6.29. The molecule has 11 rings (SSSR count). The van der Waals surface area contributed by atoms with Crippen LogP contribution in [0, 0.1) is 0 Å². The Balaban J connectivity index is 1.22. The largest absolute Gasteiger partial charge is 0.456 e. The smallest absolute Gasteiger partial charge is 0.137 e. The summed E-state index contributed by atoms with van der Waals surface area (Å²) in [7, 11) is 0. The van der Waals surface area contributed by atoms with Gasteiger partial charge in [0.1, 0.15) is 11.2 Å². The van der Waals surface area contributed by atoms with Crippen LogP contribution in [-0.2, 0) is 0 Å². The summed E-state index contributed by atoms with van der Waals surface area (Å²) >= 11 is 0. The van der Waals surface area contributed by atoms with E-state index >= 15 is 0 Å². The third-order valence-electron chi connectivity index (χ3n) is 10.5. The van der Waals surface area contributed by atoms with Crippen LogP contribution in [0.5, 0.6) is 0 Å². The van der Waals surface area contributed by atoms with E-state index in [0.717, 1.165) is 33.3 Å². The highest BCUT2D eigenvalue weighted by atomic mass is 16.3. The van der Waals surface area contributed by atoms with Crippen molar-refractivity contribution in [2.75, 3.05) is 0 Å². The molecule has 3 heterocycles. The van der Waals surface area contributed by atoms with Crippen molar-refractivity contribution in [3.8, 4) is 33.6 Å². The summed E-state index contributed by atoms with van der Waals surface area (Å²) in [4.78, 5) is 0. The van der Waals surface area contributed by atoms with Gasteiger partial charge in [0.15, 0.2) is 0 Å². The number of nitrogens with zero attached hydrogens (tertiary/aromatic N) is 2. The van der Waals surface area contributed by atoms with E-state index in [-0.39, 0.29) is 0 Å². The van der Waals surface area contributed by atoms with Gasteiger partial charge in [0.05, 0.1) is 22.1 Å². The number of hydrogen-bond donors (Lipinski definition) is 0. The van der Waals surface area contributed by atoms with Crippen LogP contribution in [-0.4, -0.2) is 9.13 Å². The Bertz CT molecular complexity index is 3070. The van der Waals surface area contributed by atoms with Crippen LogP contribution >= 0.6 is 0 Å². The first-order chi connectivity index (χ1) is 25.3. The number of para-hydroxylation sites is 3. The van der Waals surface area contributed by atoms with E-state index in [9.17, 15) is 0 Å². The average molecular weight is 651 g/mol. The highest BCUT2D eigenvalue weighted by Gasteiger charge is 2.21. The van der Waals surface area contributed by atoms with Gasteiger partial charge in [0.25, 0.3) is 0 Å². The molecule has 0 amide bonds. The summed E-state index contributed by atoms with van der Waals surface area (Å²) in [5, 5.41) is 7.25. The van der Waals surface area contributed by atoms with E-state index in [1.54, 1.807) is 0 Å². The van der Waals surface area contributed by atoms with Crippen molar-refractivity contribution in [1.29, 1.82) is 0 Å².